The predicted molar refractivity (Wildman–Crippen MR) is 67.1 cm³/mol. The summed E-state index contributed by atoms with van der Waals surface area (Å²) < 4.78 is 9.42. The number of nitrogen functional groups attached to an aromatic ring is 1. The summed E-state index contributed by atoms with van der Waals surface area (Å²) >= 11 is 0. The number of carbonyl (C=O) groups is 2. The number of esters is 2. The van der Waals surface area contributed by atoms with Gasteiger partial charge in [-0.05, 0) is 31.0 Å². The maximum absolute atomic E-state index is 11.3. The van der Waals surface area contributed by atoms with E-state index in [0.717, 1.165) is 5.56 Å². The number of hydrogen-bond acceptors (Lipinski definition) is 5. The summed E-state index contributed by atoms with van der Waals surface area (Å²) in [5.41, 5.74) is 7.31. The molecule has 0 aromatic heterocycles. The highest BCUT2D eigenvalue weighted by atomic mass is 16.5. The van der Waals surface area contributed by atoms with E-state index in [1.807, 2.05) is 0 Å². The summed E-state index contributed by atoms with van der Waals surface area (Å²) in [6.07, 6.45) is 0.829. The normalized spacial score (nSPS) is 9.89. The summed E-state index contributed by atoms with van der Waals surface area (Å²) in [7, 11) is 1.30. The molecule has 0 spiro atoms. The molecule has 1 aromatic rings. The number of hydrogen-bond donors (Lipinski definition) is 1. The van der Waals surface area contributed by atoms with Gasteiger partial charge in [-0.15, -0.1) is 0 Å². The van der Waals surface area contributed by atoms with Gasteiger partial charge in [-0.2, -0.15) is 0 Å². The zero-order chi connectivity index (χ0) is 13.5. The topological polar surface area (TPSA) is 78.6 Å². The van der Waals surface area contributed by atoms with Gasteiger partial charge >= 0.3 is 11.9 Å². The number of aryl methyl sites for hydroxylation is 1. The molecular weight excluding hydrogens is 234 g/mol. The second-order valence-corrected chi connectivity index (χ2v) is 3.72. The van der Waals surface area contributed by atoms with Crippen LogP contribution in [0.2, 0.25) is 0 Å². The molecular formula is C13H17NO4. The fraction of sp³-hybridized carbons (Fsp3) is 0.385. The van der Waals surface area contributed by atoms with Gasteiger partial charge < -0.3 is 15.2 Å². The smallest absolute Gasteiger partial charge is 0.339 e. The lowest BCUT2D eigenvalue weighted by Gasteiger charge is -2.06. The molecule has 1 aromatic carbocycles. The monoisotopic (exact) mass is 251 g/mol. The highest BCUT2D eigenvalue weighted by Crippen LogP contribution is 2.16. The predicted octanol–water partition coefficient (Wildman–Crippen LogP) is 1.55. The number of nitrogens with two attached hydrogens (primary N) is 1. The Morgan fingerprint density at radius 2 is 2.06 bits per heavy atom. The van der Waals surface area contributed by atoms with E-state index >= 15 is 0 Å². The highest BCUT2D eigenvalue weighted by Gasteiger charge is 2.10. The first-order chi connectivity index (χ1) is 8.58. The van der Waals surface area contributed by atoms with Crippen LogP contribution in [0, 0.1) is 0 Å². The van der Waals surface area contributed by atoms with E-state index in [1.165, 1.54) is 7.11 Å². The molecule has 0 aliphatic rings. The third-order valence-electron chi connectivity index (χ3n) is 2.44. The molecule has 0 bridgehead atoms. The van der Waals surface area contributed by atoms with Crippen molar-refractivity contribution in [3.05, 3.63) is 29.3 Å². The van der Waals surface area contributed by atoms with Crippen LogP contribution < -0.4 is 5.73 Å². The van der Waals surface area contributed by atoms with Crippen molar-refractivity contribution >= 4 is 17.6 Å². The van der Waals surface area contributed by atoms with E-state index in [0.29, 0.717) is 30.7 Å². The summed E-state index contributed by atoms with van der Waals surface area (Å²) in [4.78, 5) is 22.5. The van der Waals surface area contributed by atoms with Crippen LogP contribution >= 0.6 is 0 Å². The van der Waals surface area contributed by atoms with Gasteiger partial charge in [-0.3, -0.25) is 4.79 Å². The van der Waals surface area contributed by atoms with Crippen molar-refractivity contribution in [2.75, 3.05) is 19.5 Å². The minimum absolute atomic E-state index is 0.242. The first-order valence-electron chi connectivity index (χ1n) is 5.70. The molecule has 18 heavy (non-hydrogen) atoms. The summed E-state index contributed by atoms with van der Waals surface area (Å²) in [5.74, 6) is -0.711. The molecule has 0 heterocycles. The van der Waals surface area contributed by atoms with Crippen LogP contribution in [-0.4, -0.2) is 25.7 Å². The van der Waals surface area contributed by atoms with Gasteiger partial charge in [0.2, 0.25) is 0 Å². The molecule has 0 saturated heterocycles. The van der Waals surface area contributed by atoms with Gasteiger partial charge in [0.25, 0.3) is 0 Å². The van der Waals surface area contributed by atoms with Gasteiger partial charge in [0.1, 0.15) is 0 Å². The molecule has 5 nitrogen and oxygen atoms in total. The van der Waals surface area contributed by atoms with Crippen molar-refractivity contribution in [3.63, 3.8) is 0 Å². The zero-order valence-electron chi connectivity index (χ0n) is 10.6. The first-order valence-corrected chi connectivity index (χ1v) is 5.70. The Morgan fingerprint density at radius 3 is 2.61 bits per heavy atom. The molecule has 0 saturated carbocycles. The maximum Gasteiger partial charge on any atom is 0.339 e. The van der Waals surface area contributed by atoms with Crippen LogP contribution in [0.3, 0.4) is 0 Å². The number of methoxy groups -OCH3 is 1. The van der Waals surface area contributed by atoms with E-state index in [2.05, 4.69) is 4.74 Å². The third kappa shape index (κ3) is 3.76. The van der Waals surface area contributed by atoms with Crippen molar-refractivity contribution in [1.29, 1.82) is 0 Å². The summed E-state index contributed by atoms with van der Waals surface area (Å²) in [6.45, 7) is 2.14. The van der Waals surface area contributed by atoms with Crippen molar-refractivity contribution in [3.8, 4) is 0 Å². The molecule has 0 aliphatic carbocycles. The van der Waals surface area contributed by atoms with Crippen molar-refractivity contribution in [1.82, 2.24) is 0 Å². The molecule has 0 aliphatic heterocycles. The van der Waals surface area contributed by atoms with Crippen molar-refractivity contribution < 1.29 is 19.1 Å². The molecule has 1 rings (SSSR count). The Balaban J connectivity index is 2.67. The van der Waals surface area contributed by atoms with Gasteiger partial charge in [-0.25, -0.2) is 4.79 Å². The molecule has 0 radical (unpaired) electrons. The SMILES string of the molecule is CCOC(=O)CCc1ccc(C(=O)OC)c(N)c1. The number of rotatable bonds is 5. The standard InChI is InChI=1S/C13H17NO4/c1-3-18-12(15)7-5-9-4-6-10(11(14)8-9)13(16)17-2/h4,6,8H,3,5,7,14H2,1-2H3. The lowest BCUT2D eigenvalue weighted by Crippen LogP contribution is -2.07. The quantitative estimate of drug-likeness (QED) is 0.634. The lowest BCUT2D eigenvalue weighted by atomic mass is 10.1. The second-order valence-electron chi connectivity index (χ2n) is 3.72. The molecule has 98 valence electrons. The Labute approximate surface area is 106 Å². The van der Waals surface area contributed by atoms with Crippen molar-refractivity contribution in [2.45, 2.75) is 19.8 Å². The minimum Gasteiger partial charge on any atom is -0.466 e. The van der Waals surface area contributed by atoms with Crippen LogP contribution in [0.15, 0.2) is 18.2 Å². The van der Waals surface area contributed by atoms with Crippen LogP contribution in [0.4, 0.5) is 5.69 Å². The van der Waals surface area contributed by atoms with Gasteiger partial charge in [0.05, 0.1) is 19.3 Å². The van der Waals surface area contributed by atoms with Gasteiger partial charge in [0, 0.05) is 12.1 Å². The molecule has 0 amide bonds. The Morgan fingerprint density at radius 1 is 1.33 bits per heavy atom. The van der Waals surface area contributed by atoms with E-state index < -0.39 is 5.97 Å². The Bertz CT molecular complexity index is 443. The largest absolute Gasteiger partial charge is 0.466 e. The van der Waals surface area contributed by atoms with E-state index in [-0.39, 0.29) is 5.97 Å². The number of ether oxygens (including phenoxy) is 2. The van der Waals surface area contributed by atoms with Crippen LogP contribution in [-0.2, 0) is 20.7 Å². The average molecular weight is 251 g/mol. The first kappa shape index (κ1) is 14.0. The minimum atomic E-state index is -0.468. The Kier molecular flexibility index (Phi) is 5.17. The molecule has 0 fully saturated rings. The maximum atomic E-state index is 11.3. The van der Waals surface area contributed by atoms with E-state index in [9.17, 15) is 9.59 Å². The second kappa shape index (κ2) is 6.64. The van der Waals surface area contributed by atoms with Gasteiger partial charge in [0.15, 0.2) is 0 Å². The fourth-order valence-electron chi connectivity index (χ4n) is 1.54. The number of anilines is 1. The zero-order valence-corrected chi connectivity index (χ0v) is 10.6. The number of carbonyl (C=O) groups excluding carboxylic acids is 2. The molecule has 0 unspecified atom stereocenters. The summed E-state index contributed by atoms with van der Waals surface area (Å²) in [6, 6.07) is 5.02. The summed E-state index contributed by atoms with van der Waals surface area (Å²) in [5, 5.41) is 0. The fourth-order valence-corrected chi connectivity index (χ4v) is 1.54. The van der Waals surface area contributed by atoms with E-state index in [1.54, 1.807) is 25.1 Å². The van der Waals surface area contributed by atoms with Crippen molar-refractivity contribution in [2.24, 2.45) is 0 Å². The van der Waals surface area contributed by atoms with Crippen LogP contribution in [0.5, 0.6) is 0 Å². The highest BCUT2D eigenvalue weighted by molar-refractivity contribution is 5.95. The van der Waals surface area contributed by atoms with Crippen LogP contribution in [0.25, 0.3) is 0 Å². The average Bonchev–Trinajstić information content (AvgIpc) is 2.36. The van der Waals surface area contributed by atoms with Crippen LogP contribution in [0.1, 0.15) is 29.3 Å². The van der Waals surface area contributed by atoms with Gasteiger partial charge in [-0.1, -0.05) is 6.07 Å². The van der Waals surface area contributed by atoms with E-state index in [4.69, 9.17) is 10.5 Å². The molecule has 0 atom stereocenters. The number of benzene rings is 1. The Hall–Kier alpha value is -2.04. The molecule has 2 N–H and O–H groups in total. The third-order valence-corrected chi connectivity index (χ3v) is 2.44. The lowest BCUT2D eigenvalue weighted by molar-refractivity contribution is -0.143. The molecule has 5 heteroatoms.